The fourth-order valence-corrected chi connectivity index (χ4v) is 3.29. The van der Waals surface area contributed by atoms with Gasteiger partial charge in [-0.2, -0.15) is 0 Å². The number of hydrogen-bond donors (Lipinski definition) is 1. The maximum absolute atomic E-state index is 9.69. The first-order valence-corrected chi connectivity index (χ1v) is 6.60. The van der Waals surface area contributed by atoms with Crippen molar-refractivity contribution in [2.75, 3.05) is 6.54 Å². The fourth-order valence-electron chi connectivity index (χ4n) is 3.29. The lowest BCUT2D eigenvalue weighted by Gasteiger charge is -2.37. The van der Waals surface area contributed by atoms with Gasteiger partial charge in [0.1, 0.15) is 0 Å². The van der Waals surface area contributed by atoms with Gasteiger partial charge in [0.25, 0.3) is 0 Å². The van der Waals surface area contributed by atoms with Gasteiger partial charge < -0.3 is 5.11 Å². The van der Waals surface area contributed by atoms with Gasteiger partial charge >= 0.3 is 0 Å². The van der Waals surface area contributed by atoms with Crippen molar-refractivity contribution >= 4 is 0 Å². The SMILES string of the molecule is CC(C)CCCN1C2CCC1CC(O)C2. The Morgan fingerprint density at radius 1 is 1.20 bits per heavy atom. The standard InChI is InChI=1S/C13H25NO/c1-10(2)4-3-7-14-11-5-6-12(14)9-13(15)8-11/h10-13,15H,3-9H2,1-2H3. The second-order valence-electron chi connectivity index (χ2n) is 5.78. The molecule has 0 saturated carbocycles. The van der Waals surface area contributed by atoms with E-state index in [1.54, 1.807) is 0 Å². The van der Waals surface area contributed by atoms with Crippen molar-refractivity contribution in [1.29, 1.82) is 0 Å². The van der Waals surface area contributed by atoms with Crippen LogP contribution in [0.5, 0.6) is 0 Å². The van der Waals surface area contributed by atoms with Gasteiger partial charge in [-0.05, 0) is 51.0 Å². The molecule has 0 amide bonds. The molecule has 2 saturated heterocycles. The average Bonchev–Trinajstić information content (AvgIpc) is 2.42. The number of hydrogen-bond acceptors (Lipinski definition) is 2. The molecule has 0 aliphatic carbocycles. The van der Waals surface area contributed by atoms with Crippen LogP contribution in [0.4, 0.5) is 0 Å². The number of nitrogens with zero attached hydrogens (tertiary/aromatic N) is 1. The zero-order valence-electron chi connectivity index (χ0n) is 10.2. The van der Waals surface area contributed by atoms with E-state index in [9.17, 15) is 5.11 Å². The lowest BCUT2D eigenvalue weighted by molar-refractivity contribution is 0.0342. The summed E-state index contributed by atoms with van der Waals surface area (Å²) in [5.41, 5.74) is 0. The van der Waals surface area contributed by atoms with Crippen LogP contribution >= 0.6 is 0 Å². The highest BCUT2D eigenvalue weighted by molar-refractivity contribution is 4.94. The van der Waals surface area contributed by atoms with Gasteiger partial charge in [0, 0.05) is 12.1 Å². The molecule has 0 spiro atoms. The summed E-state index contributed by atoms with van der Waals surface area (Å²) in [5.74, 6) is 0.832. The Balaban J connectivity index is 1.78. The minimum Gasteiger partial charge on any atom is -0.393 e. The largest absolute Gasteiger partial charge is 0.393 e. The summed E-state index contributed by atoms with van der Waals surface area (Å²) in [5, 5.41) is 9.69. The van der Waals surface area contributed by atoms with E-state index >= 15 is 0 Å². The Kier molecular flexibility index (Phi) is 3.68. The minimum absolute atomic E-state index is 0.0103. The molecular formula is C13H25NO. The average molecular weight is 211 g/mol. The van der Waals surface area contributed by atoms with Gasteiger partial charge in [-0.25, -0.2) is 0 Å². The summed E-state index contributed by atoms with van der Waals surface area (Å²) in [6.45, 7) is 5.86. The second kappa shape index (κ2) is 4.84. The van der Waals surface area contributed by atoms with E-state index in [4.69, 9.17) is 0 Å². The van der Waals surface area contributed by atoms with E-state index in [-0.39, 0.29) is 6.10 Å². The molecule has 2 fully saturated rings. The van der Waals surface area contributed by atoms with Gasteiger partial charge in [0.2, 0.25) is 0 Å². The predicted molar refractivity (Wildman–Crippen MR) is 62.8 cm³/mol. The van der Waals surface area contributed by atoms with Crippen molar-refractivity contribution < 1.29 is 5.11 Å². The molecule has 0 aromatic carbocycles. The highest BCUT2D eigenvalue weighted by atomic mass is 16.3. The number of aliphatic hydroxyl groups excluding tert-OH is 1. The zero-order valence-corrected chi connectivity index (χ0v) is 10.2. The van der Waals surface area contributed by atoms with Crippen LogP contribution in [0.3, 0.4) is 0 Å². The van der Waals surface area contributed by atoms with Crippen LogP contribution in [0.25, 0.3) is 0 Å². The summed E-state index contributed by atoms with van der Waals surface area (Å²) < 4.78 is 0. The van der Waals surface area contributed by atoms with Crippen LogP contribution in [-0.4, -0.2) is 34.7 Å². The molecule has 2 aliphatic rings. The fraction of sp³-hybridized carbons (Fsp3) is 1.00. The van der Waals surface area contributed by atoms with Crippen molar-refractivity contribution in [1.82, 2.24) is 4.90 Å². The third kappa shape index (κ3) is 2.73. The Morgan fingerprint density at radius 3 is 2.33 bits per heavy atom. The summed E-state index contributed by atoms with van der Waals surface area (Å²) in [7, 11) is 0. The van der Waals surface area contributed by atoms with Crippen molar-refractivity contribution in [2.24, 2.45) is 5.92 Å². The van der Waals surface area contributed by atoms with Crippen molar-refractivity contribution in [2.45, 2.75) is 70.6 Å². The van der Waals surface area contributed by atoms with E-state index < -0.39 is 0 Å². The van der Waals surface area contributed by atoms with Gasteiger partial charge in [-0.3, -0.25) is 4.90 Å². The summed E-state index contributed by atoms with van der Waals surface area (Å²) in [6, 6.07) is 1.40. The molecule has 2 heteroatoms. The molecule has 1 N–H and O–H groups in total. The molecule has 88 valence electrons. The molecule has 2 heterocycles. The van der Waals surface area contributed by atoms with E-state index in [0.717, 1.165) is 18.8 Å². The smallest absolute Gasteiger partial charge is 0.0570 e. The normalized spacial score (nSPS) is 36.4. The lowest BCUT2D eigenvalue weighted by Crippen LogP contribution is -2.45. The van der Waals surface area contributed by atoms with E-state index in [0.29, 0.717) is 12.1 Å². The van der Waals surface area contributed by atoms with Crippen molar-refractivity contribution in [3.05, 3.63) is 0 Å². The van der Waals surface area contributed by atoms with Crippen molar-refractivity contribution in [3.8, 4) is 0 Å². The first kappa shape index (κ1) is 11.4. The van der Waals surface area contributed by atoms with E-state index in [1.165, 1.54) is 32.2 Å². The number of aliphatic hydroxyl groups is 1. The summed E-state index contributed by atoms with van der Waals surface area (Å²) >= 11 is 0. The first-order valence-electron chi connectivity index (χ1n) is 6.60. The maximum Gasteiger partial charge on any atom is 0.0570 e. The van der Waals surface area contributed by atoms with Gasteiger partial charge in [-0.1, -0.05) is 13.8 Å². The lowest BCUT2D eigenvalue weighted by atomic mass is 9.99. The van der Waals surface area contributed by atoms with Crippen LogP contribution in [0.15, 0.2) is 0 Å². The predicted octanol–water partition coefficient (Wildman–Crippen LogP) is 2.41. The number of rotatable bonds is 4. The minimum atomic E-state index is -0.0103. The molecular weight excluding hydrogens is 186 g/mol. The highest BCUT2D eigenvalue weighted by Gasteiger charge is 2.39. The molecule has 2 bridgehead atoms. The quantitative estimate of drug-likeness (QED) is 0.772. The second-order valence-corrected chi connectivity index (χ2v) is 5.78. The Labute approximate surface area is 93.7 Å². The Morgan fingerprint density at radius 2 is 1.80 bits per heavy atom. The molecule has 2 aliphatic heterocycles. The van der Waals surface area contributed by atoms with Gasteiger partial charge in [0.05, 0.1) is 6.10 Å². The molecule has 2 rings (SSSR count). The van der Waals surface area contributed by atoms with Crippen LogP contribution in [-0.2, 0) is 0 Å². The van der Waals surface area contributed by atoms with Crippen LogP contribution in [0.2, 0.25) is 0 Å². The molecule has 0 aromatic rings. The van der Waals surface area contributed by atoms with E-state index in [1.807, 2.05) is 0 Å². The molecule has 2 nitrogen and oxygen atoms in total. The van der Waals surface area contributed by atoms with Crippen molar-refractivity contribution in [3.63, 3.8) is 0 Å². The third-order valence-electron chi connectivity index (χ3n) is 4.06. The third-order valence-corrected chi connectivity index (χ3v) is 4.06. The van der Waals surface area contributed by atoms with Crippen LogP contribution < -0.4 is 0 Å². The molecule has 0 aromatic heterocycles. The van der Waals surface area contributed by atoms with Crippen LogP contribution in [0, 0.1) is 5.92 Å². The zero-order chi connectivity index (χ0) is 10.8. The Bertz CT molecular complexity index is 191. The Hall–Kier alpha value is -0.0800. The van der Waals surface area contributed by atoms with Crippen LogP contribution in [0.1, 0.15) is 52.4 Å². The molecule has 0 radical (unpaired) electrons. The molecule has 15 heavy (non-hydrogen) atoms. The highest BCUT2D eigenvalue weighted by Crippen LogP contribution is 2.35. The van der Waals surface area contributed by atoms with E-state index in [2.05, 4.69) is 18.7 Å². The first-order chi connectivity index (χ1) is 7.16. The van der Waals surface area contributed by atoms with Gasteiger partial charge in [0.15, 0.2) is 0 Å². The van der Waals surface area contributed by atoms with Gasteiger partial charge in [-0.15, -0.1) is 0 Å². The number of fused-ring (bicyclic) bond motifs is 2. The monoisotopic (exact) mass is 211 g/mol. The molecule has 2 atom stereocenters. The maximum atomic E-state index is 9.69. The summed E-state index contributed by atoms with van der Waals surface area (Å²) in [6.07, 6.45) is 7.37. The summed E-state index contributed by atoms with van der Waals surface area (Å²) in [4.78, 5) is 2.68. The number of piperidine rings is 1. The molecule has 2 unspecified atom stereocenters. The topological polar surface area (TPSA) is 23.5 Å².